The molecule has 0 aliphatic rings. The van der Waals surface area contributed by atoms with Crippen LogP contribution >= 0.6 is 15.6 Å². The second kappa shape index (κ2) is 61.6. The normalized spacial score (nSPS) is 14.1. The van der Waals surface area contributed by atoms with Gasteiger partial charge < -0.3 is 33.8 Å². The van der Waals surface area contributed by atoms with E-state index in [1.54, 1.807) is 0 Å². The molecular formula is C68H132O17P2. The van der Waals surface area contributed by atoms with E-state index in [-0.39, 0.29) is 25.7 Å². The molecule has 0 heterocycles. The largest absolute Gasteiger partial charge is 0.472 e. The van der Waals surface area contributed by atoms with Gasteiger partial charge in [0, 0.05) is 25.7 Å². The fourth-order valence-corrected chi connectivity index (χ4v) is 11.9. The Balaban J connectivity index is 5.13. The molecule has 0 bridgehead atoms. The lowest BCUT2D eigenvalue weighted by molar-refractivity contribution is -0.161. The van der Waals surface area contributed by atoms with Crippen LogP contribution in [-0.4, -0.2) is 96.7 Å². The lowest BCUT2D eigenvalue weighted by Crippen LogP contribution is -2.30. The number of rotatable bonds is 68. The number of aliphatic hydroxyl groups excluding tert-OH is 1. The Morgan fingerprint density at radius 1 is 0.310 bits per heavy atom. The first-order valence-electron chi connectivity index (χ1n) is 35.6. The Labute approximate surface area is 530 Å². The highest BCUT2D eigenvalue weighted by Gasteiger charge is 2.30. The van der Waals surface area contributed by atoms with E-state index in [1.165, 1.54) is 161 Å². The molecule has 2 unspecified atom stereocenters. The van der Waals surface area contributed by atoms with Crippen LogP contribution in [0.25, 0.3) is 0 Å². The zero-order chi connectivity index (χ0) is 64.2. The fourth-order valence-electron chi connectivity index (χ4n) is 10.3. The molecule has 516 valence electrons. The SMILES string of the molecule is CCCCCCCCCCCCCCCCCCCCCCC(=O)O[C@H](COC(=O)CCCCCCCCCCC(C)C)COP(=O)(O)OC[C@@H](O)COP(=O)(O)OC[C@@H](COC(=O)CCCCCCCCCC)OC(=O)CCCCCCCCCC. The number of phosphoric ester groups is 2. The topological polar surface area (TPSA) is 237 Å². The summed E-state index contributed by atoms with van der Waals surface area (Å²) in [4.78, 5) is 72.2. The maximum atomic E-state index is 13.0. The Kier molecular flexibility index (Phi) is 60.2. The summed E-state index contributed by atoms with van der Waals surface area (Å²) in [5.74, 6) is -1.41. The number of carbonyl (C=O) groups is 4. The van der Waals surface area contributed by atoms with E-state index in [9.17, 15) is 43.2 Å². The molecule has 0 amide bonds. The third-order valence-electron chi connectivity index (χ3n) is 15.8. The smallest absolute Gasteiger partial charge is 0.462 e. The van der Waals surface area contributed by atoms with Crippen molar-refractivity contribution in [2.24, 2.45) is 5.92 Å². The van der Waals surface area contributed by atoms with Crippen LogP contribution in [0.5, 0.6) is 0 Å². The summed E-state index contributed by atoms with van der Waals surface area (Å²) in [5, 5.41) is 10.5. The second-order valence-corrected chi connectivity index (χ2v) is 27.9. The van der Waals surface area contributed by atoms with Gasteiger partial charge in [0.25, 0.3) is 0 Å². The molecule has 0 aromatic rings. The van der Waals surface area contributed by atoms with E-state index in [2.05, 4.69) is 34.6 Å². The molecule has 0 saturated carbocycles. The van der Waals surface area contributed by atoms with E-state index in [0.29, 0.717) is 25.7 Å². The molecule has 0 saturated heterocycles. The van der Waals surface area contributed by atoms with Crippen LogP contribution in [0.4, 0.5) is 0 Å². The van der Waals surface area contributed by atoms with Crippen molar-refractivity contribution in [3.63, 3.8) is 0 Å². The summed E-state index contributed by atoms with van der Waals surface area (Å²) in [6.45, 7) is 7.14. The van der Waals surface area contributed by atoms with Gasteiger partial charge in [-0.2, -0.15) is 0 Å². The summed E-state index contributed by atoms with van der Waals surface area (Å²) in [6.07, 6.45) is 47.5. The van der Waals surface area contributed by atoms with Gasteiger partial charge in [-0.05, 0) is 31.6 Å². The minimum absolute atomic E-state index is 0.105. The maximum Gasteiger partial charge on any atom is 0.472 e. The predicted molar refractivity (Wildman–Crippen MR) is 349 cm³/mol. The molecule has 17 nitrogen and oxygen atoms in total. The standard InChI is InChI=1S/C68H132O17P2/c1-6-9-12-15-18-21-22-23-24-25-26-27-28-29-30-31-32-39-44-49-54-68(73)85-64(58-79-66(71)52-47-42-38-34-33-35-40-45-50-61(4)5)60-83-87(76,77)81-56-62(69)55-80-86(74,75)82-59-63(84-67(72)53-48-43-37-20-17-14-11-8-3)57-78-65(70)51-46-41-36-19-16-13-10-7-2/h61-64,69H,6-60H2,1-5H3,(H,74,75)(H,76,77)/t62-,63+,64+/m0/s1. The minimum atomic E-state index is -4.95. The summed E-state index contributed by atoms with van der Waals surface area (Å²) < 4.78 is 68.0. The van der Waals surface area contributed by atoms with Crippen molar-refractivity contribution in [2.45, 2.75) is 368 Å². The van der Waals surface area contributed by atoms with Crippen molar-refractivity contribution in [1.82, 2.24) is 0 Å². The Morgan fingerprint density at radius 2 is 0.529 bits per heavy atom. The number of unbranched alkanes of at least 4 members (excludes halogenated alkanes) is 40. The zero-order valence-corrected chi connectivity index (χ0v) is 57.9. The molecule has 0 rings (SSSR count). The van der Waals surface area contributed by atoms with E-state index < -0.39 is 97.5 Å². The van der Waals surface area contributed by atoms with Gasteiger partial charge in [-0.3, -0.25) is 37.3 Å². The predicted octanol–water partition coefficient (Wildman–Crippen LogP) is 19.4. The van der Waals surface area contributed by atoms with E-state index >= 15 is 0 Å². The van der Waals surface area contributed by atoms with Crippen LogP contribution in [0, 0.1) is 5.92 Å². The summed E-state index contributed by atoms with van der Waals surface area (Å²) in [5.41, 5.74) is 0. The van der Waals surface area contributed by atoms with Gasteiger partial charge in [0.15, 0.2) is 12.2 Å². The van der Waals surface area contributed by atoms with Gasteiger partial charge in [0.2, 0.25) is 0 Å². The molecule has 5 atom stereocenters. The van der Waals surface area contributed by atoms with Crippen molar-refractivity contribution < 1.29 is 80.2 Å². The molecule has 0 radical (unpaired) electrons. The maximum absolute atomic E-state index is 13.0. The average molecular weight is 1280 g/mol. The number of esters is 4. The van der Waals surface area contributed by atoms with Crippen molar-refractivity contribution >= 4 is 39.5 Å². The van der Waals surface area contributed by atoms with Crippen LogP contribution in [0.3, 0.4) is 0 Å². The first-order chi connectivity index (χ1) is 42.0. The first kappa shape index (κ1) is 85.1. The molecule has 0 aromatic heterocycles. The summed E-state index contributed by atoms with van der Waals surface area (Å²) in [7, 11) is -9.89. The molecule has 87 heavy (non-hydrogen) atoms. The molecule has 0 aromatic carbocycles. The molecule has 0 aliphatic heterocycles. The molecule has 0 spiro atoms. The molecule has 19 heteroatoms. The molecule has 3 N–H and O–H groups in total. The summed E-state index contributed by atoms with van der Waals surface area (Å²) in [6, 6.07) is 0. The van der Waals surface area contributed by atoms with Gasteiger partial charge in [-0.1, -0.05) is 298 Å². The monoisotopic (exact) mass is 1280 g/mol. The Bertz CT molecular complexity index is 1690. The van der Waals surface area contributed by atoms with Gasteiger partial charge in [-0.15, -0.1) is 0 Å². The van der Waals surface area contributed by atoms with E-state index in [1.807, 2.05) is 0 Å². The third kappa shape index (κ3) is 62.6. The highest BCUT2D eigenvalue weighted by Crippen LogP contribution is 2.45. The lowest BCUT2D eigenvalue weighted by atomic mass is 10.0. The van der Waals surface area contributed by atoms with Gasteiger partial charge in [0.05, 0.1) is 26.4 Å². The van der Waals surface area contributed by atoms with Crippen molar-refractivity contribution in [3.05, 3.63) is 0 Å². The number of ether oxygens (including phenoxy) is 4. The quantitative estimate of drug-likeness (QED) is 0.0222. The fraction of sp³-hybridized carbons (Fsp3) is 0.941. The van der Waals surface area contributed by atoms with Crippen molar-refractivity contribution in [2.75, 3.05) is 39.6 Å². The van der Waals surface area contributed by atoms with Gasteiger partial charge in [-0.25, -0.2) is 9.13 Å². The van der Waals surface area contributed by atoms with Crippen molar-refractivity contribution in [1.29, 1.82) is 0 Å². The number of hydrogen-bond acceptors (Lipinski definition) is 15. The van der Waals surface area contributed by atoms with Crippen LogP contribution in [0.15, 0.2) is 0 Å². The molecule has 0 aliphatic carbocycles. The molecule has 0 fully saturated rings. The van der Waals surface area contributed by atoms with E-state index in [4.69, 9.17) is 37.0 Å². The lowest BCUT2D eigenvalue weighted by Gasteiger charge is -2.21. The Hall–Kier alpha value is -1.94. The minimum Gasteiger partial charge on any atom is -0.462 e. The molecular weight excluding hydrogens is 1150 g/mol. The first-order valence-corrected chi connectivity index (χ1v) is 38.6. The number of hydrogen-bond donors (Lipinski definition) is 3. The number of aliphatic hydroxyl groups is 1. The van der Waals surface area contributed by atoms with Crippen LogP contribution in [0.1, 0.15) is 349 Å². The van der Waals surface area contributed by atoms with Gasteiger partial charge in [0.1, 0.15) is 19.3 Å². The highest BCUT2D eigenvalue weighted by atomic mass is 31.2. The summed E-state index contributed by atoms with van der Waals surface area (Å²) >= 11 is 0. The highest BCUT2D eigenvalue weighted by molar-refractivity contribution is 7.47. The van der Waals surface area contributed by atoms with Crippen LogP contribution in [0.2, 0.25) is 0 Å². The van der Waals surface area contributed by atoms with Gasteiger partial charge >= 0.3 is 39.5 Å². The third-order valence-corrected chi connectivity index (χ3v) is 17.7. The van der Waals surface area contributed by atoms with E-state index in [0.717, 1.165) is 109 Å². The zero-order valence-electron chi connectivity index (χ0n) is 56.2. The average Bonchev–Trinajstić information content (AvgIpc) is 3.71. The van der Waals surface area contributed by atoms with Crippen LogP contribution in [-0.2, 0) is 65.4 Å². The van der Waals surface area contributed by atoms with Crippen LogP contribution < -0.4 is 0 Å². The number of phosphoric acid groups is 2. The second-order valence-electron chi connectivity index (χ2n) is 25.0. The number of carbonyl (C=O) groups excluding carboxylic acids is 4. The Morgan fingerprint density at radius 3 is 0.782 bits per heavy atom. The van der Waals surface area contributed by atoms with Crippen molar-refractivity contribution in [3.8, 4) is 0 Å².